The second-order valence-corrected chi connectivity index (χ2v) is 11.3. The molecule has 2 aromatic heterocycles. The minimum Gasteiger partial charge on any atom is -0.467 e. The predicted molar refractivity (Wildman–Crippen MR) is 145 cm³/mol. The van der Waals surface area contributed by atoms with E-state index in [-0.39, 0.29) is 12.8 Å². The highest BCUT2D eigenvalue weighted by Crippen LogP contribution is 2.42. The van der Waals surface area contributed by atoms with Gasteiger partial charge < -0.3 is 19.5 Å². The number of methoxy groups -OCH3 is 1. The van der Waals surface area contributed by atoms with Crippen LogP contribution in [0.5, 0.6) is 5.75 Å². The maximum absolute atomic E-state index is 15.8. The maximum atomic E-state index is 15.8. The first kappa shape index (κ1) is 26.9. The first-order valence-electron chi connectivity index (χ1n) is 13.1. The molecule has 0 unspecified atom stereocenters. The second kappa shape index (κ2) is 10.4. The van der Waals surface area contributed by atoms with Crippen molar-refractivity contribution in [3.05, 3.63) is 42.5 Å². The number of nitrogens with one attached hydrogen (secondary N) is 1. The van der Waals surface area contributed by atoms with Crippen molar-refractivity contribution < 1.29 is 23.8 Å². The van der Waals surface area contributed by atoms with E-state index < -0.39 is 29.8 Å². The molecule has 2 aliphatic rings. The zero-order valence-corrected chi connectivity index (χ0v) is 22.9. The van der Waals surface area contributed by atoms with Gasteiger partial charge in [-0.15, -0.1) is 0 Å². The molecule has 5 rings (SSSR count). The number of fused-ring (bicyclic) bond motifs is 2. The van der Waals surface area contributed by atoms with Gasteiger partial charge in [0.1, 0.15) is 11.9 Å². The molecule has 0 spiro atoms. The fourth-order valence-corrected chi connectivity index (χ4v) is 5.79. The summed E-state index contributed by atoms with van der Waals surface area (Å²) < 4.78 is 26.8. The third-order valence-electron chi connectivity index (χ3n) is 7.73. The number of piperidine rings is 1. The second-order valence-electron chi connectivity index (χ2n) is 11.3. The number of alkyl halides is 1. The van der Waals surface area contributed by atoms with Gasteiger partial charge in [0.15, 0.2) is 12.6 Å². The topological polar surface area (TPSA) is 117 Å². The smallest absolute Gasteiger partial charge is 0.407 e. The number of hydrogen-bond acceptors (Lipinski definition) is 7. The van der Waals surface area contributed by atoms with E-state index in [2.05, 4.69) is 10.2 Å². The van der Waals surface area contributed by atoms with Gasteiger partial charge >= 0.3 is 6.09 Å². The SMILES string of the molecule is COCOc1cc(-c2cn[nH]c2)ccc1-c1cnc(N(C)[C@@H]2C[C@H]3CC[C@@H]([C@@H]2F)N3C(=O)O)c(C(C)(C)C)n1. The zero-order valence-electron chi connectivity index (χ0n) is 22.9. The number of benzene rings is 1. The Morgan fingerprint density at radius 1 is 1.26 bits per heavy atom. The fourth-order valence-electron chi connectivity index (χ4n) is 5.79. The van der Waals surface area contributed by atoms with E-state index >= 15 is 4.39 Å². The van der Waals surface area contributed by atoms with Crippen molar-refractivity contribution in [1.82, 2.24) is 25.1 Å². The Morgan fingerprint density at radius 3 is 2.72 bits per heavy atom. The van der Waals surface area contributed by atoms with Crippen molar-refractivity contribution in [3.8, 4) is 28.1 Å². The number of anilines is 1. The van der Waals surface area contributed by atoms with E-state index in [1.54, 1.807) is 19.5 Å². The van der Waals surface area contributed by atoms with Crippen LogP contribution in [0.3, 0.4) is 0 Å². The molecule has 208 valence electrons. The lowest BCUT2D eigenvalue weighted by molar-refractivity contribution is 0.0489. The Morgan fingerprint density at radius 2 is 2.05 bits per heavy atom. The van der Waals surface area contributed by atoms with Crippen molar-refractivity contribution in [2.45, 2.75) is 69.7 Å². The summed E-state index contributed by atoms with van der Waals surface area (Å²) in [6.45, 7) is 6.21. The van der Waals surface area contributed by atoms with E-state index in [4.69, 9.17) is 19.4 Å². The molecule has 2 fully saturated rings. The molecule has 0 aliphatic carbocycles. The van der Waals surface area contributed by atoms with E-state index in [1.165, 1.54) is 4.90 Å². The molecule has 2 saturated heterocycles. The van der Waals surface area contributed by atoms with Crippen LogP contribution in [0.2, 0.25) is 0 Å². The number of nitrogens with zero attached hydrogens (tertiary/aromatic N) is 5. The Bertz CT molecular complexity index is 1330. The molecule has 10 nitrogen and oxygen atoms in total. The maximum Gasteiger partial charge on any atom is 0.407 e. The Kier molecular flexibility index (Phi) is 7.19. The molecular weight excluding hydrogens is 503 g/mol. The van der Waals surface area contributed by atoms with Crippen LogP contribution in [0, 0.1) is 0 Å². The van der Waals surface area contributed by atoms with E-state index in [0.717, 1.165) is 22.4 Å². The Hall–Kier alpha value is -3.73. The zero-order chi connectivity index (χ0) is 27.9. The Labute approximate surface area is 227 Å². The molecule has 3 aromatic rings. The van der Waals surface area contributed by atoms with E-state index in [1.807, 2.05) is 57.1 Å². The third-order valence-corrected chi connectivity index (χ3v) is 7.73. The summed E-state index contributed by atoms with van der Waals surface area (Å²) in [6, 6.07) is 4.51. The molecule has 2 bridgehead atoms. The number of H-pyrrole nitrogens is 1. The van der Waals surface area contributed by atoms with Crippen LogP contribution in [-0.4, -0.2) is 81.5 Å². The molecule has 39 heavy (non-hydrogen) atoms. The average Bonchev–Trinajstić information content (AvgIpc) is 3.56. The highest BCUT2D eigenvalue weighted by atomic mass is 19.1. The standard InChI is InChI=1S/C28H35FN6O4/c1-28(2,3)25-26(34(4)22-11-18-7-9-21(24(22)29)35(18)27(36)37)30-14-20(33-25)19-8-6-16(17-12-31-32-13-17)10-23(19)39-15-38-5/h6,8,10,12-14,18,21-22,24H,7,9,11,15H2,1-5H3,(H,31,32)(H,36,37)/t18-,21+,22-,24+/m1/s1. The Balaban J connectivity index is 1.51. The number of rotatable bonds is 7. The number of aromatic amines is 1. The monoisotopic (exact) mass is 538 g/mol. The lowest BCUT2D eigenvalue weighted by Gasteiger charge is -2.44. The van der Waals surface area contributed by atoms with Crippen molar-refractivity contribution in [1.29, 1.82) is 0 Å². The summed E-state index contributed by atoms with van der Waals surface area (Å²) in [7, 11) is 3.39. The van der Waals surface area contributed by atoms with Gasteiger partial charge in [-0.05, 0) is 37.0 Å². The van der Waals surface area contributed by atoms with Gasteiger partial charge in [-0.25, -0.2) is 19.2 Å². The number of ether oxygens (including phenoxy) is 2. The number of halogens is 1. The number of amides is 1. The first-order chi connectivity index (χ1) is 18.6. The molecule has 1 aromatic carbocycles. The fraction of sp³-hybridized carbons (Fsp3) is 0.500. The van der Waals surface area contributed by atoms with Crippen molar-refractivity contribution in [2.75, 3.05) is 25.9 Å². The quantitative estimate of drug-likeness (QED) is 0.409. The van der Waals surface area contributed by atoms with Crippen LogP contribution in [0.1, 0.15) is 45.7 Å². The highest BCUT2D eigenvalue weighted by Gasteiger charge is 2.51. The lowest BCUT2D eigenvalue weighted by Crippen LogP contribution is -2.59. The van der Waals surface area contributed by atoms with Crippen molar-refractivity contribution >= 4 is 11.9 Å². The number of aromatic nitrogens is 4. The van der Waals surface area contributed by atoms with Gasteiger partial charge in [-0.1, -0.05) is 26.8 Å². The average molecular weight is 539 g/mol. The normalized spacial score (nSPS) is 22.7. The molecule has 4 atom stereocenters. The first-order valence-corrected chi connectivity index (χ1v) is 13.1. The van der Waals surface area contributed by atoms with Gasteiger partial charge in [0.25, 0.3) is 0 Å². The third kappa shape index (κ3) is 5.03. The number of carbonyl (C=O) groups is 1. The van der Waals surface area contributed by atoms with Gasteiger partial charge in [-0.2, -0.15) is 5.10 Å². The largest absolute Gasteiger partial charge is 0.467 e. The molecule has 2 N–H and O–H groups in total. The van der Waals surface area contributed by atoms with Crippen LogP contribution in [0.25, 0.3) is 22.4 Å². The molecule has 2 aliphatic heterocycles. The minimum atomic E-state index is -1.32. The van der Waals surface area contributed by atoms with Gasteiger partial charge in [-0.3, -0.25) is 10.00 Å². The molecule has 4 heterocycles. The van der Waals surface area contributed by atoms with Crippen molar-refractivity contribution in [3.63, 3.8) is 0 Å². The molecule has 0 radical (unpaired) electrons. The van der Waals surface area contributed by atoms with E-state index in [9.17, 15) is 9.90 Å². The summed E-state index contributed by atoms with van der Waals surface area (Å²) in [4.78, 5) is 24.8. The molecule has 0 saturated carbocycles. The van der Waals surface area contributed by atoms with Crippen molar-refractivity contribution in [2.24, 2.45) is 0 Å². The summed E-state index contributed by atoms with van der Waals surface area (Å²) in [6.07, 6.45) is 4.50. The molecule has 1 amide bonds. The lowest BCUT2D eigenvalue weighted by atomic mass is 9.89. The minimum absolute atomic E-state index is 0.0669. The van der Waals surface area contributed by atoms with Crippen LogP contribution < -0.4 is 9.64 Å². The highest BCUT2D eigenvalue weighted by molar-refractivity contribution is 5.74. The van der Waals surface area contributed by atoms with Crippen LogP contribution >= 0.6 is 0 Å². The summed E-state index contributed by atoms with van der Waals surface area (Å²) in [5.74, 6) is 1.18. The summed E-state index contributed by atoms with van der Waals surface area (Å²) >= 11 is 0. The molecule has 11 heteroatoms. The van der Waals surface area contributed by atoms with Crippen LogP contribution in [0.4, 0.5) is 15.0 Å². The van der Waals surface area contributed by atoms with Gasteiger partial charge in [0.2, 0.25) is 0 Å². The number of carboxylic acid groups (broad SMARTS) is 1. The van der Waals surface area contributed by atoms with Gasteiger partial charge in [0, 0.05) is 42.9 Å². The molecular formula is C28H35FN6O4. The van der Waals surface area contributed by atoms with E-state index in [0.29, 0.717) is 36.5 Å². The summed E-state index contributed by atoms with van der Waals surface area (Å²) in [5, 5.41) is 16.5. The number of hydrogen-bond donors (Lipinski definition) is 2. The summed E-state index contributed by atoms with van der Waals surface area (Å²) in [5.41, 5.74) is 3.55. The van der Waals surface area contributed by atoms with Crippen LogP contribution in [-0.2, 0) is 10.2 Å². The van der Waals surface area contributed by atoms with Crippen LogP contribution in [0.15, 0.2) is 36.8 Å². The van der Waals surface area contributed by atoms with Gasteiger partial charge in [0.05, 0.1) is 35.9 Å². The predicted octanol–water partition coefficient (Wildman–Crippen LogP) is 4.87.